The minimum Gasteiger partial charge on any atom is -0.454 e. The van der Waals surface area contributed by atoms with Gasteiger partial charge in [-0.05, 0) is 63.9 Å². The number of unbranched alkanes of at least 4 members (excludes halogenated alkanes) is 1. The average molecular weight is 501 g/mol. The van der Waals surface area contributed by atoms with Gasteiger partial charge in [-0.15, -0.1) is 0 Å². The van der Waals surface area contributed by atoms with Crippen molar-refractivity contribution in [2.45, 2.75) is 42.3 Å². The van der Waals surface area contributed by atoms with E-state index in [4.69, 9.17) is 14.2 Å². The van der Waals surface area contributed by atoms with Crippen molar-refractivity contribution in [1.82, 2.24) is 0 Å². The summed E-state index contributed by atoms with van der Waals surface area (Å²) in [6.07, 6.45) is 2.70. The summed E-state index contributed by atoms with van der Waals surface area (Å²) in [4.78, 5) is 14.2. The van der Waals surface area contributed by atoms with Gasteiger partial charge < -0.3 is 14.2 Å². The number of esters is 1. The van der Waals surface area contributed by atoms with E-state index < -0.39 is 12.1 Å². The van der Waals surface area contributed by atoms with Crippen LogP contribution in [0.1, 0.15) is 25.3 Å². The first-order valence-corrected chi connectivity index (χ1v) is 13.2. The Morgan fingerprint density at radius 2 is 1.64 bits per heavy atom. The first-order chi connectivity index (χ1) is 17.7. The third kappa shape index (κ3) is 6.97. The van der Waals surface area contributed by atoms with Crippen molar-refractivity contribution < 1.29 is 19.0 Å². The topological polar surface area (TPSA) is 44.8 Å². The zero-order valence-corrected chi connectivity index (χ0v) is 21.5. The molecule has 0 fully saturated rings. The van der Waals surface area contributed by atoms with Crippen LogP contribution in [0.2, 0.25) is 0 Å². The summed E-state index contributed by atoms with van der Waals surface area (Å²) in [5.41, 5.74) is 1.12. The zero-order valence-electron chi connectivity index (χ0n) is 20.7. The average Bonchev–Trinajstić information content (AvgIpc) is 2.91. The molecule has 5 heteroatoms. The molecule has 0 radical (unpaired) electrons. The molecule has 0 aliphatic rings. The van der Waals surface area contributed by atoms with Crippen LogP contribution >= 0.6 is 11.8 Å². The third-order valence-corrected chi connectivity index (χ3v) is 6.87. The Morgan fingerprint density at radius 3 is 2.44 bits per heavy atom. The van der Waals surface area contributed by atoms with E-state index in [2.05, 4.69) is 86.3 Å². The predicted molar refractivity (Wildman–Crippen MR) is 147 cm³/mol. The first-order valence-electron chi connectivity index (χ1n) is 12.3. The molecule has 4 aromatic carbocycles. The van der Waals surface area contributed by atoms with Gasteiger partial charge in [-0.2, -0.15) is 0 Å². The van der Waals surface area contributed by atoms with Crippen molar-refractivity contribution in [3.05, 3.63) is 97.1 Å². The maximum Gasteiger partial charge on any atom is 0.330 e. The molecule has 4 nitrogen and oxygen atoms in total. The molecule has 4 aromatic rings. The molecule has 0 aliphatic heterocycles. The van der Waals surface area contributed by atoms with E-state index in [1.54, 1.807) is 11.8 Å². The van der Waals surface area contributed by atoms with Gasteiger partial charge in [-0.1, -0.05) is 80.2 Å². The zero-order chi connectivity index (χ0) is 25.2. The largest absolute Gasteiger partial charge is 0.454 e. The highest BCUT2D eigenvalue weighted by atomic mass is 32.2. The third-order valence-electron chi connectivity index (χ3n) is 5.87. The van der Waals surface area contributed by atoms with Crippen LogP contribution in [0.25, 0.3) is 21.5 Å². The van der Waals surface area contributed by atoms with E-state index in [1.807, 2.05) is 6.07 Å². The van der Waals surface area contributed by atoms with Crippen LogP contribution in [0.4, 0.5) is 0 Å². The molecule has 0 bridgehead atoms. The molecular formula is C31H32O4S. The second-order valence-electron chi connectivity index (χ2n) is 8.58. The fraction of sp³-hybridized carbons (Fsp3) is 0.258. The van der Waals surface area contributed by atoms with Gasteiger partial charge in [0, 0.05) is 22.5 Å². The van der Waals surface area contributed by atoms with Crippen LogP contribution in [-0.4, -0.2) is 31.9 Å². The molecule has 0 saturated carbocycles. The number of rotatable bonds is 13. The maximum atomic E-state index is 11.8. The molecule has 4 rings (SSSR count). The van der Waals surface area contributed by atoms with Crippen molar-refractivity contribution >= 4 is 39.3 Å². The number of fused-ring (bicyclic) bond motifs is 2. The van der Waals surface area contributed by atoms with Gasteiger partial charge >= 0.3 is 5.97 Å². The van der Waals surface area contributed by atoms with Crippen molar-refractivity contribution in [3.8, 4) is 0 Å². The van der Waals surface area contributed by atoms with Crippen LogP contribution in [0, 0.1) is 0 Å². The van der Waals surface area contributed by atoms with E-state index >= 15 is 0 Å². The Bertz CT molecular complexity index is 1300. The molecule has 0 amide bonds. The number of hydrogen-bond acceptors (Lipinski definition) is 5. The Kier molecular flexibility index (Phi) is 9.56. The van der Waals surface area contributed by atoms with Crippen LogP contribution in [0.15, 0.2) is 101 Å². The Balaban J connectivity index is 1.57. The number of hydrogen-bond donors (Lipinski definition) is 0. The van der Waals surface area contributed by atoms with Gasteiger partial charge in [0.2, 0.25) is 0 Å². The molecule has 1 atom stereocenters. The van der Waals surface area contributed by atoms with Gasteiger partial charge in [-0.25, -0.2) is 4.79 Å². The summed E-state index contributed by atoms with van der Waals surface area (Å²) >= 11 is 1.74. The SMILES string of the molecule is C=CC(=O)OC(COCCCC)COCc1c2ccccc2cc2ccc(Sc3ccccc3)cc12. The summed E-state index contributed by atoms with van der Waals surface area (Å²) in [6.45, 7) is 7.19. The molecule has 1 unspecified atom stereocenters. The van der Waals surface area contributed by atoms with Crippen LogP contribution in [0.5, 0.6) is 0 Å². The molecule has 0 aliphatic carbocycles. The highest BCUT2D eigenvalue weighted by molar-refractivity contribution is 7.99. The lowest BCUT2D eigenvalue weighted by Crippen LogP contribution is -2.28. The van der Waals surface area contributed by atoms with Gasteiger partial charge in [0.15, 0.2) is 0 Å². The van der Waals surface area contributed by atoms with Gasteiger partial charge in [0.25, 0.3) is 0 Å². The van der Waals surface area contributed by atoms with Crippen molar-refractivity contribution in [1.29, 1.82) is 0 Å². The normalized spacial score (nSPS) is 12.0. The molecule has 0 heterocycles. The number of ether oxygens (including phenoxy) is 3. The molecule has 0 N–H and O–H groups in total. The Morgan fingerprint density at radius 1 is 0.889 bits per heavy atom. The second kappa shape index (κ2) is 13.3. The molecular weight excluding hydrogens is 468 g/mol. The standard InChI is InChI=1S/C31H32O4S/c1-3-5-17-33-20-25(35-31(32)4-2)21-34-22-30-28-14-10-9-11-23(28)18-24-15-16-27(19-29(24)30)36-26-12-7-6-8-13-26/h4,6-16,18-19,25H,2-3,5,17,20-22H2,1H3. The van der Waals surface area contributed by atoms with E-state index in [9.17, 15) is 4.79 Å². The second-order valence-corrected chi connectivity index (χ2v) is 9.73. The summed E-state index contributed by atoms with van der Waals surface area (Å²) < 4.78 is 17.3. The first kappa shape index (κ1) is 26.0. The van der Waals surface area contributed by atoms with Crippen LogP contribution in [0.3, 0.4) is 0 Å². The quantitative estimate of drug-likeness (QED) is 0.0819. The van der Waals surface area contributed by atoms with E-state index in [0.717, 1.165) is 29.2 Å². The molecule has 36 heavy (non-hydrogen) atoms. The predicted octanol–water partition coefficient (Wildman–Crippen LogP) is 7.58. The van der Waals surface area contributed by atoms with Gasteiger partial charge in [0.05, 0.1) is 19.8 Å². The van der Waals surface area contributed by atoms with Crippen molar-refractivity contribution in [2.75, 3.05) is 19.8 Å². The minimum atomic E-state index is -0.488. The molecule has 0 spiro atoms. The highest BCUT2D eigenvalue weighted by Crippen LogP contribution is 2.34. The fourth-order valence-electron chi connectivity index (χ4n) is 4.06. The van der Waals surface area contributed by atoms with E-state index in [-0.39, 0.29) is 6.61 Å². The fourth-order valence-corrected chi connectivity index (χ4v) is 4.94. The molecule has 186 valence electrons. The summed E-state index contributed by atoms with van der Waals surface area (Å²) in [7, 11) is 0. The highest BCUT2D eigenvalue weighted by Gasteiger charge is 2.15. The van der Waals surface area contributed by atoms with Crippen molar-refractivity contribution in [3.63, 3.8) is 0 Å². The summed E-state index contributed by atoms with van der Waals surface area (Å²) in [6, 6.07) is 27.5. The van der Waals surface area contributed by atoms with Gasteiger partial charge in [0.1, 0.15) is 6.10 Å². The number of benzene rings is 4. The smallest absolute Gasteiger partial charge is 0.330 e. The minimum absolute atomic E-state index is 0.245. The Labute approximate surface area is 217 Å². The lowest BCUT2D eigenvalue weighted by Gasteiger charge is -2.19. The summed E-state index contributed by atoms with van der Waals surface area (Å²) in [5.74, 6) is -0.471. The maximum absolute atomic E-state index is 11.8. The van der Waals surface area contributed by atoms with Crippen molar-refractivity contribution in [2.24, 2.45) is 0 Å². The molecule has 0 saturated heterocycles. The van der Waals surface area contributed by atoms with Gasteiger partial charge in [-0.3, -0.25) is 0 Å². The summed E-state index contributed by atoms with van der Waals surface area (Å²) in [5, 5.41) is 4.66. The lowest BCUT2D eigenvalue weighted by molar-refractivity contribution is -0.150. The Hall–Kier alpha value is -3.12. The lowest BCUT2D eigenvalue weighted by atomic mass is 9.97. The van der Waals surface area contributed by atoms with E-state index in [1.165, 1.54) is 26.6 Å². The van der Waals surface area contributed by atoms with E-state index in [0.29, 0.717) is 19.8 Å². The number of carbonyl (C=O) groups excluding carboxylic acids is 1. The van der Waals surface area contributed by atoms with Crippen LogP contribution < -0.4 is 0 Å². The monoisotopic (exact) mass is 500 g/mol. The molecule has 0 aromatic heterocycles. The number of carbonyl (C=O) groups is 1. The van der Waals surface area contributed by atoms with Crippen LogP contribution in [-0.2, 0) is 25.6 Å².